The van der Waals surface area contributed by atoms with Gasteiger partial charge in [-0.05, 0) is 45.0 Å². The second-order valence-corrected chi connectivity index (χ2v) is 4.46. The third kappa shape index (κ3) is 3.81. The minimum absolute atomic E-state index is 0.250. The fourth-order valence-electron chi connectivity index (χ4n) is 1.15. The molecule has 0 saturated carbocycles. The molecule has 0 atom stereocenters. The summed E-state index contributed by atoms with van der Waals surface area (Å²) in [5.41, 5.74) is 8.17. The first-order valence-corrected chi connectivity index (χ1v) is 5.05. The number of nitrogens with zero attached hydrogens (tertiary/aromatic N) is 2. The molecule has 0 aliphatic rings. The van der Waals surface area contributed by atoms with Crippen molar-refractivity contribution in [3.63, 3.8) is 0 Å². The van der Waals surface area contributed by atoms with Crippen LogP contribution in [0.5, 0.6) is 0 Å². The van der Waals surface area contributed by atoms with Crippen LogP contribution in [0.4, 0.5) is 4.39 Å². The van der Waals surface area contributed by atoms with Gasteiger partial charge in [0.1, 0.15) is 11.4 Å². The van der Waals surface area contributed by atoms with Gasteiger partial charge in [0, 0.05) is 0 Å². The van der Waals surface area contributed by atoms with E-state index in [1.165, 1.54) is 24.3 Å². The molecule has 0 unspecified atom stereocenters. The molecule has 0 heterocycles. The van der Waals surface area contributed by atoms with E-state index < -0.39 is 17.4 Å². The number of halogens is 1. The quantitative estimate of drug-likeness (QED) is 0.342. The van der Waals surface area contributed by atoms with E-state index >= 15 is 0 Å². The highest BCUT2D eigenvalue weighted by atomic mass is 19.1. The largest absolute Gasteiger partial charge is 0.451 e. The van der Waals surface area contributed by atoms with E-state index in [0.717, 1.165) is 0 Å². The van der Waals surface area contributed by atoms with Gasteiger partial charge in [-0.15, -0.1) is 0 Å². The summed E-state index contributed by atoms with van der Waals surface area (Å²) in [5.74, 6) is -1.19. The topological polar surface area (TPSA) is 62.7 Å². The number of carbonyl (C=O) groups is 1. The highest BCUT2D eigenvalue weighted by molar-refractivity contribution is 6.40. The summed E-state index contributed by atoms with van der Waals surface area (Å²) in [6.07, 6.45) is 0. The van der Waals surface area contributed by atoms with E-state index in [1.807, 2.05) is 0 Å². The number of rotatable bonds is 2. The molecular weight excluding hydrogens is 223 g/mol. The van der Waals surface area contributed by atoms with Crippen molar-refractivity contribution < 1.29 is 18.7 Å². The van der Waals surface area contributed by atoms with Crippen LogP contribution in [0.15, 0.2) is 24.3 Å². The summed E-state index contributed by atoms with van der Waals surface area (Å²) in [7, 11) is 0. The summed E-state index contributed by atoms with van der Waals surface area (Å²) < 4.78 is 17.8. The van der Waals surface area contributed by atoms with Gasteiger partial charge in [0.15, 0.2) is 0 Å². The lowest BCUT2D eigenvalue weighted by molar-refractivity contribution is -0.150. The summed E-state index contributed by atoms with van der Waals surface area (Å²) in [4.78, 5) is 14.6. The molecule has 0 aliphatic heterocycles. The zero-order valence-corrected chi connectivity index (χ0v) is 9.90. The highest BCUT2D eigenvalue weighted by Crippen LogP contribution is 2.10. The second kappa shape index (κ2) is 4.89. The van der Waals surface area contributed by atoms with Crippen LogP contribution >= 0.6 is 0 Å². The molecular formula is C12H13FN2O2. The number of hydrogen-bond acceptors (Lipinski definition) is 2. The summed E-state index contributed by atoms with van der Waals surface area (Å²) in [6.45, 7) is 5.10. The molecule has 0 radical (unpaired) electrons. The fourth-order valence-corrected chi connectivity index (χ4v) is 1.15. The Morgan fingerprint density at radius 2 is 1.82 bits per heavy atom. The van der Waals surface area contributed by atoms with E-state index in [4.69, 9.17) is 10.3 Å². The number of esters is 1. The van der Waals surface area contributed by atoms with Crippen molar-refractivity contribution >= 4 is 11.7 Å². The molecule has 0 amide bonds. The van der Waals surface area contributed by atoms with Crippen molar-refractivity contribution in [2.45, 2.75) is 26.4 Å². The minimum Gasteiger partial charge on any atom is -0.451 e. The standard InChI is InChI=1S/C12H13FN2O2/c1-12(2,3)17-11(16)10(15-14)8-4-6-9(13)7-5-8/h4-7H,1-3H3. The smallest absolute Gasteiger partial charge is 0.422 e. The van der Waals surface area contributed by atoms with E-state index in [9.17, 15) is 9.18 Å². The van der Waals surface area contributed by atoms with Gasteiger partial charge in [0.2, 0.25) is 0 Å². The average Bonchev–Trinajstić information content (AvgIpc) is 2.19. The van der Waals surface area contributed by atoms with E-state index in [-0.39, 0.29) is 5.71 Å². The monoisotopic (exact) mass is 236 g/mol. The zero-order valence-electron chi connectivity index (χ0n) is 9.90. The van der Waals surface area contributed by atoms with Crippen LogP contribution in [-0.4, -0.2) is 22.1 Å². The van der Waals surface area contributed by atoms with Crippen LogP contribution in [0, 0.1) is 5.82 Å². The third-order valence-corrected chi connectivity index (χ3v) is 1.81. The van der Waals surface area contributed by atoms with Gasteiger partial charge in [-0.2, -0.15) is 4.79 Å². The molecule has 1 aromatic rings. The Kier molecular flexibility index (Phi) is 3.76. The average molecular weight is 236 g/mol. The molecule has 1 rings (SSSR count). The molecule has 17 heavy (non-hydrogen) atoms. The Hall–Kier alpha value is -2.00. The van der Waals surface area contributed by atoms with Crippen molar-refractivity contribution in [3.05, 3.63) is 41.2 Å². The lowest BCUT2D eigenvalue weighted by Gasteiger charge is -2.17. The fraction of sp³-hybridized carbons (Fsp3) is 0.333. The molecule has 0 bridgehead atoms. The molecule has 0 N–H and O–H groups in total. The van der Waals surface area contributed by atoms with Gasteiger partial charge < -0.3 is 10.3 Å². The molecule has 0 saturated heterocycles. The first-order chi connectivity index (χ1) is 7.83. The maximum atomic E-state index is 12.7. The molecule has 0 spiro atoms. The molecule has 0 aliphatic carbocycles. The van der Waals surface area contributed by atoms with Crippen molar-refractivity contribution in [3.8, 4) is 0 Å². The molecule has 1 aromatic carbocycles. The first-order valence-electron chi connectivity index (χ1n) is 5.05. The Morgan fingerprint density at radius 1 is 1.29 bits per heavy atom. The maximum absolute atomic E-state index is 12.7. The van der Waals surface area contributed by atoms with Crippen LogP contribution in [0.25, 0.3) is 5.53 Å². The molecule has 5 heteroatoms. The SMILES string of the molecule is CC(C)(C)OC(=O)C(=[N+]=[N-])c1ccc(F)cc1. The van der Waals surface area contributed by atoms with Crippen LogP contribution < -0.4 is 0 Å². The molecule has 0 aromatic heterocycles. The van der Waals surface area contributed by atoms with Crippen LogP contribution in [0.2, 0.25) is 0 Å². The number of hydrogen-bond donors (Lipinski definition) is 0. The van der Waals surface area contributed by atoms with E-state index in [2.05, 4.69) is 4.79 Å². The summed E-state index contributed by atoms with van der Waals surface area (Å²) >= 11 is 0. The predicted octanol–water partition coefficient (Wildman–Crippen LogP) is 2.19. The molecule has 0 fully saturated rings. The summed E-state index contributed by atoms with van der Waals surface area (Å²) in [6, 6.07) is 5.03. The van der Waals surface area contributed by atoms with Crippen LogP contribution in [-0.2, 0) is 9.53 Å². The highest BCUT2D eigenvalue weighted by Gasteiger charge is 2.28. The zero-order chi connectivity index (χ0) is 13.1. The lowest BCUT2D eigenvalue weighted by Crippen LogP contribution is -2.30. The normalized spacial score (nSPS) is 10.6. The first kappa shape index (κ1) is 13.1. The van der Waals surface area contributed by atoms with Gasteiger partial charge in [0.05, 0.1) is 5.56 Å². The molecule has 4 nitrogen and oxygen atoms in total. The molecule has 90 valence electrons. The van der Waals surface area contributed by atoms with Gasteiger partial charge in [0.25, 0.3) is 0 Å². The van der Waals surface area contributed by atoms with Crippen LogP contribution in [0.1, 0.15) is 26.3 Å². The summed E-state index contributed by atoms with van der Waals surface area (Å²) in [5, 5.41) is 0. The van der Waals surface area contributed by atoms with Gasteiger partial charge >= 0.3 is 11.7 Å². The number of carbonyl (C=O) groups excluding carboxylic acids is 1. The Bertz CT molecular complexity index is 468. The van der Waals surface area contributed by atoms with Crippen molar-refractivity contribution in [2.75, 3.05) is 0 Å². The number of ether oxygens (including phenoxy) is 1. The van der Waals surface area contributed by atoms with E-state index in [0.29, 0.717) is 5.56 Å². The maximum Gasteiger partial charge on any atom is 0.422 e. The van der Waals surface area contributed by atoms with Crippen LogP contribution in [0.3, 0.4) is 0 Å². The Balaban J connectivity index is 2.98. The Morgan fingerprint density at radius 3 is 2.24 bits per heavy atom. The predicted molar refractivity (Wildman–Crippen MR) is 60.0 cm³/mol. The third-order valence-electron chi connectivity index (χ3n) is 1.81. The van der Waals surface area contributed by atoms with Gasteiger partial charge in [-0.3, -0.25) is 0 Å². The Labute approximate surface area is 98.6 Å². The van der Waals surface area contributed by atoms with Crippen molar-refractivity contribution in [2.24, 2.45) is 0 Å². The van der Waals surface area contributed by atoms with Gasteiger partial charge in [-0.25, -0.2) is 9.18 Å². The van der Waals surface area contributed by atoms with Crippen molar-refractivity contribution in [1.82, 2.24) is 0 Å². The lowest BCUT2D eigenvalue weighted by atomic mass is 10.1. The van der Waals surface area contributed by atoms with Gasteiger partial charge in [-0.1, -0.05) is 0 Å². The van der Waals surface area contributed by atoms with E-state index in [1.54, 1.807) is 20.8 Å². The number of benzene rings is 1. The van der Waals surface area contributed by atoms with Crippen molar-refractivity contribution in [1.29, 1.82) is 0 Å². The second-order valence-electron chi connectivity index (χ2n) is 4.46. The minimum atomic E-state index is -0.758.